The van der Waals surface area contributed by atoms with E-state index in [9.17, 15) is 13.2 Å². The van der Waals surface area contributed by atoms with Crippen LogP contribution in [0.5, 0.6) is 0 Å². The molecule has 0 spiro atoms. The normalized spacial score (nSPS) is 10.9. The van der Waals surface area contributed by atoms with Crippen LogP contribution in [-0.4, -0.2) is 5.63 Å². The van der Waals surface area contributed by atoms with Crippen molar-refractivity contribution in [3.05, 3.63) is 11.6 Å². The summed E-state index contributed by atoms with van der Waals surface area (Å²) >= 11 is 9.03. The molecule has 5 heteroatoms. The van der Waals surface area contributed by atoms with Gasteiger partial charge in [0.2, 0.25) is 0 Å². The number of alkyl halides is 2. The Bertz CT molecular complexity index is 75.1. The smallest absolute Gasteiger partial charge is 0.230 e. The molecule has 0 fully saturated rings. The Morgan fingerprint density at radius 3 is 1.67 bits per heavy atom. The summed E-state index contributed by atoms with van der Waals surface area (Å²) in [4.78, 5) is 0. The van der Waals surface area contributed by atoms with Crippen molar-refractivity contribution in [3.63, 3.8) is 0 Å². The van der Waals surface area contributed by atoms with Gasteiger partial charge in [0.1, 0.15) is 0 Å². The van der Waals surface area contributed by atoms with Crippen LogP contribution in [0.25, 0.3) is 0 Å². The first-order valence-electron chi connectivity index (χ1n) is 1.90. The molecule has 0 bridgehead atoms. The van der Waals surface area contributed by atoms with E-state index in [1.807, 2.05) is 0 Å². The van der Waals surface area contributed by atoms with E-state index in [4.69, 9.17) is 0 Å². The molecule has 0 saturated heterocycles. The SMILES string of the molecule is CC(F)Cl.FC(F)=CCl. The maximum Gasteiger partial charge on any atom is 0.281 e. The van der Waals surface area contributed by atoms with Crippen LogP contribution in [0.3, 0.4) is 0 Å². The highest BCUT2D eigenvalue weighted by Gasteiger charge is 1.77. The number of hydrogen-bond acceptors (Lipinski definition) is 0. The highest BCUT2D eigenvalue weighted by atomic mass is 35.5. The first-order chi connectivity index (χ1) is 4.00. The predicted octanol–water partition coefficient (Wildman–Crippen LogP) is 3.50. The van der Waals surface area contributed by atoms with Crippen molar-refractivity contribution in [2.24, 2.45) is 0 Å². The van der Waals surface area contributed by atoms with Crippen LogP contribution in [0.4, 0.5) is 13.2 Å². The maximum atomic E-state index is 10.8. The molecule has 0 radical (unpaired) electrons. The molecule has 9 heavy (non-hydrogen) atoms. The van der Waals surface area contributed by atoms with Crippen molar-refractivity contribution in [1.29, 1.82) is 0 Å². The summed E-state index contributed by atoms with van der Waals surface area (Å²) in [5, 5.41) is 0. The molecular weight excluding hydrogens is 176 g/mol. The standard InChI is InChI=1S/C2HClF2.C2H4ClF/c3-1-2(4)5;1-2(3)4/h1H;2H,1H3. The zero-order valence-corrected chi connectivity index (χ0v) is 6.06. The molecule has 1 unspecified atom stereocenters. The largest absolute Gasteiger partial charge is 0.281 e. The minimum absolute atomic E-state index is 0.222. The van der Waals surface area contributed by atoms with Gasteiger partial charge in [0.15, 0.2) is 5.63 Å². The van der Waals surface area contributed by atoms with Crippen LogP contribution in [0.2, 0.25) is 0 Å². The highest BCUT2D eigenvalue weighted by Crippen LogP contribution is 1.96. The van der Waals surface area contributed by atoms with Gasteiger partial charge in [-0.15, -0.1) is 0 Å². The summed E-state index contributed by atoms with van der Waals surface area (Å²) in [6.07, 6.45) is -1.85. The van der Waals surface area contributed by atoms with Crippen LogP contribution in [0.15, 0.2) is 11.6 Å². The van der Waals surface area contributed by atoms with Crippen molar-refractivity contribution < 1.29 is 13.2 Å². The third-order valence-corrected chi connectivity index (χ3v) is 0.247. The maximum absolute atomic E-state index is 10.8. The van der Waals surface area contributed by atoms with E-state index in [0.29, 0.717) is 0 Å². The molecule has 0 aliphatic carbocycles. The summed E-state index contributed by atoms with van der Waals surface area (Å²) < 4.78 is 31.8. The highest BCUT2D eigenvalue weighted by molar-refractivity contribution is 6.25. The second-order valence-corrected chi connectivity index (χ2v) is 1.74. The molecule has 0 aromatic carbocycles. The topological polar surface area (TPSA) is 0 Å². The van der Waals surface area contributed by atoms with Gasteiger partial charge in [0, 0.05) is 0 Å². The molecule has 0 aromatic heterocycles. The van der Waals surface area contributed by atoms with Crippen LogP contribution in [0.1, 0.15) is 6.92 Å². The Labute approximate surface area is 61.3 Å². The average molecular weight is 181 g/mol. The van der Waals surface area contributed by atoms with E-state index in [2.05, 4.69) is 23.2 Å². The van der Waals surface area contributed by atoms with Gasteiger partial charge < -0.3 is 0 Å². The molecule has 0 saturated carbocycles. The molecule has 0 aromatic rings. The first kappa shape index (κ1) is 11.9. The minimum atomic E-state index is -1.85. The van der Waals surface area contributed by atoms with Gasteiger partial charge >= 0.3 is 0 Å². The Morgan fingerprint density at radius 1 is 1.56 bits per heavy atom. The fraction of sp³-hybridized carbons (Fsp3) is 0.500. The van der Waals surface area contributed by atoms with Crippen molar-refractivity contribution in [2.45, 2.75) is 12.6 Å². The molecule has 0 aliphatic heterocycles. The lowest BCUT2D eigenvalue weighted by Crippen LogP contribution is -1.66. The van der Waals surface area contributed by atoms with Gasteiger partial charge in [-0.25, -0.2) is 4.39 Å². The summed E-state index contributed by atoms with van der Waals surface area (Å²) in [6.45, 7) is 1.27. The van der Waals surface area contributed by atoms with Crippen LogP contribution >= 0.6 is 23.2 Å². The third-order valence-electron chi connectivity index (χ3n) is 0.0825. The molecule has 1 atom stereocenters. The van der Waals surface area contributed by atoms with E-state index in [1.54, 1.807) is 0 Å². The third kappa shape index (κ3) is 68.0. The van der Waals surface area contributed by atoms with Gasteiger partial charge in [-0.05, 0) is 6.92 Å². The van der Waals surface area contributed by atoms with E-state index in [-0.39, 0.29) is 5.54 Å². The lowest BCUT2D eigenvalue weighted by atomic mass is 10.9. The van der Waals surface area contributed by atoms with Gasteiger partial charge in [-0.1, -0.05) is 23.2 Å². The Hall–Kier alpha value is 0.110. The fourth-order valence-corrected chi connectivity index (χ4v) is 0. The van der Waals surface area contributed by atoms with Crippen LogP contribution < -0.4 is 0 Å². The number of halogens is 5. The number of rotatable bonds is 0. The average Bonchev–Trinajstić information content (AvgIpc) is 1.65. The molecule has 0 nitrogen and oxygen atoms in total. The Kier molecular flexibility index (Phi) is 10.7. The van der Waals surface area contributed by atoms with Crippen molar-refractivity contribution >= 4 is 23.2 Å². The second kappa shape index (κ2) is 8.11. The monoisotopic (exact) mass is 180 g/mol. The van der Waals surface area contributed by atoms with Gasteiger partial charge in [0.25, 0.3) is 6.08 Å². The Balaban J connectivity index is 0. The molecule has 0 aliphatic rings. The van der Waals surface area contributed by atoms with E-state index >= 15 is 0 Å². The molecule has 56 valence electrons. The molecule has 0 amide bonds. The molecule has 0 N–H and O–H groups in total. The predicted molar refractivity (Wildman–Crippen MR) is 32.6 cm³/mol. The lowest BCUT2D eigenvalue weighted by Gasteiger charge is -1.71. The van der Waals surface area contributed by atoms with Crippen molar-refractivity contribution in [1.82, 2.24) is 0 Å². The van der Waals surface area contributed by atoms with Crippen molar-refractivity contribution in [3.8, 4) is 0 Å². The van der Waals surface area contributed by atoms with Gasteiger partial charge in [-0.3, -0.25) is 0 Å². The first-order valence-corrected chi connectivity index (χ1v) is 2.77. The quantitative estimate of drug-likeness (QED) is 0.501. The molecule has 0 rings (SSSR count). The molecular formula is C4H5Cl2F3. The zero-order chi connectivity index (χ0) is 7.86. The summed E-state index contributed by atoms with van der Waals surface area (Å²) in [6, 6.07) is 0. The molecule has 0 heterocycles. The number of hydrogen-bond donors (Lipinski definition) is 0. The van der Waals surface area contributed by atoms with E-state index in [1.165, 1.54) is 6.92 Å². The summed E-state index contributed by atoms with van der Waals surface area (Å²) in [7, 11) is 0. The van der Waals surface area contributed by atoms with Crippen molar-refractivity contribution in [2.75, 3.05) is 0 Å². The summed E-state index contributed by atoms with van der Waals surface area (Å²) in [5.74, 6) is 0. The Morgan fingerprint density at radius 2 is 1.67 bits per heavy atom. The lowest BCUT2D eigenvalue weighted by molar-refractivity contribution is 0.424. The van der Waals surface area contributed by atoms with E-state index in [0.717, 1.165) is 0 Å². The zero-order valence-electron chi connectivity index (χ0n) is 4.54. The summed E-state index contributed by atoms with van der Waals surface area (Å²) in [5.41, 5.74) is -0.972. The fourth-order valence-electron chi connectivity index (χ4n) is 0. The minimum Gasteiger partial charge on any atom is -0.230 e. The van der Waals surface area contributed by atoms with Crippen LogP contribution in [-0.2, 0) is 0 Å². The van der Waals surface area contributed by atoms with Gasteiger partial charge in [0.05, 0.1) is 5.54 Å². The van der Waals surface area contributed by atoms with Crippen LogP contribution in [0, 0.1) is 0 Å². The van der Waals surface area contributed by atoms with E-state index < -0.39 is 11.7 Å². The second-order valence-electron chi connectivity index (χ2n) is 0.918. The van der Waals surface area contributed by atoms with Gasteiger partial charge in [-0.2, -0.15) is 8.78 Å².